The van der Waals surface area contributed by atoms with Crippen molar-refractivity contribution in [1.29, 1.82) is 0 Å². The molecule has 0 fully saturated rings. The molecule has 0 spiro atoms. The first-order valence-corrected chi connectivity index (χ1v) is 15.7. The summed E-state index contributed by atoms with van der Waals surface area (Å²) in [5.74, 6) is 1.56. The van der Waals surface area contributed by atoms with Gasteiger partial charge in [-0.25, -0.2) is 0 Å². The molecule has 7 nitrogen and oxygen atoms in total. The monoisotopic (exact) mass is 598 g/mol. The summed E-state index contributed by atoms with van der Waals surface area (Å²) in [6.07, 6.45) is 1.85. The molecule has 0 radical (unpaired) electrons. The second-order valence-corrected chi connectivity index (χ2v) is 11.6. The van der Waals surface area contributed by atoms with Crippen molar-refractivity contribution < 1.29 is 14.3 Å². The number of benzene rings is 3. The summed E-state index contributed by atoms with van der Waals surface area (Å²) in [5.41, 5.74) is 5.43. The number of esters is 1. The Morgan fingerprint density at radius 1 is 0.976 bits per heavy atom. The predicted octanol–water partition coefficient (Wildman–Crippen LogP) is 6.96. The summed E-state index contributed by atoms with van der Waals surface area (Å²) in [5, 5.41) is 17.4. The number of nitrogens with zero attached hydrogens (tertiary/aromatic N) is 3. The first-order valence-electron chi connectivity index (χ1n) is 13.9. The van der Waals surface area contributed by atoms with Gasteiger partial charge in [0.1, 0.15) is 11.6 Å². The van der Waals surface area contributed by atoms with E-state index in [4.69, 9.17) is 9.47 Å². The highest BCUT2D eigenvalue weighted by Crippen LogP contribution is 2.32. The minimum Gasteiger partial charge on any atom is -0.493 e. The van der Waals surface area contributed by atoms with Crippen LogP contribution in [0.3, 0.4) is 0 Å². The smallest absolute Gasteiger partial charge is 0.310 e. The van der Waals surface area contributed by atoms with Gasteiger partial charge in [0.25, 0.3) is 0 Å². The van der Waals surface area contributed by atoms with Crippen molar-refractivity contribution in [3.05, 3.63) is 118 Å². The summed E-state index contributed by atoms with van der Waals surface area (Å²) in [7, 11) is 2.01. The van der Waals surface area contributed by atoms with Gasteiger partial charge >= 0.3 is 5.97 Å². The van der Waals surface area contributed by atoms with Crippen LogP contribution in [0.4, 0.5) is 5.69 Å². The van der Waals surface area contributed by atoms with E-state index in [1.807, 2.05) is 56.4 Å². The molecular formula is C33H34N4O3S2. The van der Waals surface area contributed by atoms with Crippen LogP contribution in [0.5, 0.6) is 5.75 Å². The number of anilines is 1. The molecule has 5 rings (SSSR count). The van der Waals surface area contributed by atoms with Crippen molar-refractivity contribution in [3.8, 4) is 5.75 Å². The molecule has 5 aromatic rings. The zero-order chi connectivity index (χ0) is 29.1. The largest absolute Gasteiger partial charge is 0.493 e. The minimum absolute atomic E-state index is 0.214. The van der Waals surface area contributed by atoms with Crippen LogP contribution in [0.25, 0.3) is 0 Å². The highest BCUT2D eigenvalue weighted by molar-refractivity contribution is 7.99. The Morgan fingerprint density at radius 3 is 2.57 bits per heavy atom. The number of hydrogen-bond acceptors (Lipinski definition) is 8. The molecule has 2 heterocycles. The fourth-order valence-corrected chi connectivity index (χ4v) is 5.89. The lowest BCUT2D eigenvalue weighted by Gasteiger charge is -2.15. The SMILES string of the molecule is CCOC(=O)Cc1ccc(NCc2ccc(Sc3nnc(Cc4ccsc4)n3C)cc2OCCc2ccccc2)cc1. The van der Waals surface area contributed by atoms with Crippen molar-refractivity contribution in [3.63, 3.8) is 0 Å². The number of aromatic nitrogens is 3. The van der Waals surface area contributed by atoms with Gasteiger partial charge in [-0.05, 0) is 76.5 Å². The molecule has 9 heteroatoms. The van der Waals surface area contributed by atoms with Crippen molar-refractivity contribution >= 4 is 34.8 Å². The Bertz CT molecular complexity index is 1570. The first-order chi connectivity index (χ1) is 20.6. The van der Waals surface area contributed by atoms with E-state index in [0.717, 1.165) is 51.3 Å². The number of rotatable bonds is 14. The summed E-state index contributed by atoms with van der Waals surface area (Å²) < 4.78 is 13.5. The quantitative estimate of drug-likeness (QED) is 0.139. The maximum absolute atomic E-state index is 11.8. The molecular weight excluding hydrogens is 565 g/mol. The lowest BCUT2D eigenvalue weighted by molar-refractivity contribution is -0.142. The third kappa shape index (κ3) is 8.24. The van der Waals surface area contributed by atoms with Crippen LogP contribution in [-0.4, -0.2) is 33.9 Å². The van der Waals surface area contributed by atoms with E-state index in [9.17, 15) is 4.79 Å². The summed E-state index contributed by atoms with van der Waals surface area (Å²) in [6.45, 7) is 3.37. The molecule has 0 aliphatic heterocycles. The topological polar surface area (TPSA) is 78.3 Å². The van der Waals surface area contributed by atoms with E-state index in [2.05, 4.69) is 67.2 Å². The molecule has 3 aromatic carbocycles. The van der Waals surface area contributed by atoms with E-state index in [0.29, 0.717) is 19.8 Å². The zero-order valence-electron chi connectivity index (χ0n) is 23.8. The average Bonchev–Trinajstić information content (AvgIpc) is 3.64. The number of carbonyl (C=O) groups excluding carboxylic acids is 1. The standard InChI is InChI=1S/C33H34N4O3S2/c1-3-39-32(38)20-25-9-12-28(13-10-25)34-22-27-11-14-29(21-30(27)40-17-15-24-7-5-4-6-8-24)42-33-36-35-31(37(33)2)19-26-16-18-41-23-26/h4-14,16,18,21,23,34H,3,15,17,19-20,22H2,1-2H3. The molecule has 0 unspecified atom stereocenters. The summed E-state index contributed by atoms with van der Waals surface area (Å²) >= 11 is 3.27. The number of hydrogen-bond donors (Lipinski definition) is 1. The lowest BCUT2D eigenvalue weighted by atomic mass is 10.1. The van der Waals surface area contributed by atoms with Gasteiger partial charge in [-0.2, -0.15) is 11.3 Å². The van der Waals surface area contributed by atoms with E-state index in [1.54, 1.807) is 23.1 Å². The molecule has 42 heavy (non-hydrogen) atoms. The van der Waals surface area contributed by atoms with Gasteiger partial charge in [0.05, 0.1) is 19.6 Å². The molecule has 2 aromatic heterocycles. The lowest BCUT2D eigenvalue weighted by Crippen LogP contribution is -2.08. The Kier molecular flexibility index (Phi) is 10.3. The summed E-state index contributed by atoms with van der Waals surface area (Å²) in [4.78, 5) is 12.8. The van der Waals surface area contributed by atoms with Crippen LogP contribution in [0.2, 0.25) is 0 Å². The molecule has 216 valence electrons. The van der Waals surface area contributed by atoms with Crippen molar-refractivity contribution in [1.82, 2.24) is 14.8 Å². The third-order valence-corrected chi connectivity index (χ3v) is 8.46. The maximum Gasteiger partial charge on any atom is 0.310 e. The molecule has 0 amide bonds. The Labute approximate surface area is 254 Å². The maximum atomic E-state index is 11.8. The van der Waals surface area contributed by atoms with Gasteiger partial charge in [-0.3, -0.25) is 4.79 Å². The number of nitrogens with one attached hydrogen (secondary N) is 1. The fraction of sp³-hybridized carbons (Fsp3) is 0.242. The van der Waals surface area contributed by atoms with Crippen LogP contribution < -0.4 is 10.1 Å². The zero-order valence-corrected chi connectivity index (χ0v) is 25.4. The van der Waals surface area contributed by atoms with E-state index in [1.165, 1.54) is 11.1 Å². The van der Waals surface area contributed by atoms with Crippen molar-refractivity contribution in [2.45, 2.75) is 42.8 Å². The fourth-order valence-electron chi connectivity index (χ4n) is 4.39. The highest BCUT2D eigenvalue weighted by Gasteiger charge is 2.14. The molecule has 0 atom stereocenters. The molecule has 0 aliphatic carbocycles. The molecule has 0 aliphatic rings. The minimum atomic E-state index is -0.214. The van der Waals surface area contributed by atoms with Gasteiger partial charge in [0, 0.05) is 42.6 Å². The Balaban J connectivity index is 1.27. The molecule has 0 saturated carbocycles. The van der Waals surface area contributed by atoms with E-state index in [-0.39, 0.29) is 12.4 Å². The number of thiophene rings is 1. The average molecular weight is 599 g/mol. The van der Waals surface area contributed by atoms with Crippen LogP contribution in [0.15, 0.2) is 99.7 Å². The normalized spacial score (nSPS) is 10.9. The molecule has 0 bridgehead atoms. The van der Waals surface area contributed by atoms with Crippen LogP contribution in [-0.2, 0) is 42.4 Å². The van der Waals surface area contributed by atoms with Crippen LogP contribution in [0, 0.1) is 0 Å². The van der Waals surface area contributed by atoms with Crippen LogP contribution in [0.1, 0.15) is 35.0 Å². The van der Waals surface area contributed by atoms with Gasteiger partial charge in [0.15, 0.2) is 5.16 Å². The number of carbonyl (C=O) groups is 1. The third-order valence-electron chi connectivity index (χ3n) is 6.70. The van der Waals surface area contributed by atoms with Crippen molar-refractivity contribution in [2.75, 3.05) is 18.5 Å². The van der Waals surface area contributed by atoms with Gasteiger partial charge in [-0.15, -0.1) is 10.2 Å². The van der Waals surface area contributed by atoms with E-state index >= 15 is 0 Å². The van der Waals surface area contributed by atoms with Crippen LogP contribution >= 0.6 is 23.1 Å². The first kappa shape index (κ1) is 29.4. The second kappa shape index (κ2) is 14.7. The Hall–Kier alpha value is -4.08. The predicted molar refractivity (Wildman–Crippen MR) is 168 cm³/mol. The molecule has 1 N–H and O–H groups in total. The summed E-state index contributed by atoms with van der Waals surface area (Å²) in [6, 6.07) is 26.6. The second-order valence-electron chi connectivity index (χ2n) is 9.75. The van der Waals surface area contributed by atoms with E-state index < -0.39 is 0 Å². The van der Waals surface area contributed by atoms with Gasteiger partial charge < -0.3 is 19.4 Å². The Morgan fingerprint density at radius 2 is 1.81 bits per heavy atom. The van der Waals surface area contributed by atoms with Gasteiger partial charge in [-0.1, -0.05) is 48.5 Å². The van der Waals surface area contributed by atoms with Crippen molar-refractivity contribution in [2.24, 2.45) is 7.05 Å². The number of ether oxygens (including phenoxy) is 2. The van der Waals surface area contributed by atoms with Gasteiger partial charge in [0.2, 0.25) is 0 Å². The highest BCUT2D eigenvalue weighted by atomic mass is 32.2. The molecule has 0 saturated heterocycles.